The lowest BCUT2D eigenvalue weighted by atomic mass is 10.0. The van der Waals surface area contributed by atoms with Crippen molar-refractivity contribution < 1.29 is 8.42 Å². The van der Waals surface area contributed by atoms with E-state index in [-0.39, 0.29) is 5.92 Å². The minimum absolute atomic E-state index is 0.177. The van der Waals surface area contributed by atoms with E-state index in [4.69, 9.17) is 11.6 Å². The third-order valence-corrected chi connectivity index (χ3v) is 5.99. The molecule has 0 aromatic heterocycles. The summed E-state index contributed by atoms with van der Waals surface area (Å²) in [5, 5.41) is 0.708. The van der Waals surface area contributed by atoms with E-state index < -0.39 is 10.0 Å². The van der Waals surface area contributed by atoms with Crippen LogP contribution in [0, 0.1) is 12.8 Å². The number of sulfonamides is 1. The first kappa shape index (κ1) is 16.1. The first-order valence-electron chi connectivity index (χ1n) is 7.46. The van der Waals surface area contributed by atoms with E-state index in [0.717, 1.165) is 17.5 Å². The molecule has 0 N–H and O–H groups in total. The van der Waals surface area contributed by atoms with E-state index in [1.54, 1.807) is 18.3 Å². The predicted octanol–water partition coefficient (Wildman–Crippen LogP) is 4.03. The second-order valence-corrected chi connectivity index (χ2v) is 8.15. The van der Waals surface area contributed by atoms with Gasteiger partial charge >= 0.3 is 0 Å². The minimum atomic E-state index is -3.46. The zero-order valence-electron chi connectivity index (χ0n) is 12.8. The van der Waals surface area contributed by atoms with Gasteiger partial charge in [-0.05, 0) is 43.2 Å². The predicted molar refractivity (Wildman–Crippen MR) is 92.9 cm³/mol. The molecular formula is C18H18ClNO2S. The van der Waals surface area contributed by atoms with Crippen LogP contribution in [0.25, 0.3) is 0 Å². The summed E-state index contributed by atoms with van der Waals surface area (Å²) in [7, 11) is -3.46. The molecule has 0 fully saturated rings. The van der Waals surface area contributed by atoms with Gasteiger partial charge in [-0.15, -0.1) is 0 Å². The number of rotatable bonds is 4. The molecule has 1 aliphatic rings. The molecule has 120 valence electrons. The van der Waals surface area contributed by atoms with Gasteiger partial charge in [-0.1, -0.05) is 47.5 Å². The summed E-state index contributed by atoms with van der Waals surface area (Å²) in [6.45, 7) is 2.41. The zero-order chi connectivity index (χ0) is 16.4. The fourth-order valence-electron chi connectivity index (χ4n) is 2.65. The van der Waals surface area contributed by atoms with Gasteiger partial charge in [-0.2, -0.15) is 0 Å². The second-order valence-electron chi connectivity index (χ2n) is 5.82. The molecule has 3 nitrogen and oxygen atoms in total. The van der Waals surface area contributed by atoms with Gasteiger partial charge in [0.15, 0.2) is 0 Å². The highest BCUT2D eigenvalue weighted by atomic mass is 35.5. The summed E-state index contributed by atoms with van der Waals surface area (Å²) in [4.78, 5) is 0.333. The quantitative estimate of drug-likeness (QED) is 0.837. The second kappa shape index (κ2) is 6.38. The molecule has 0 amide bonds. The van der Waals surface area contributed by atoms with E-state index >= 15 is 0 Å². The Kier molecular flexibility index (Phi) is 4.46. The van der Waals surface area contributed by atoms with E-state index in [1.165, 1.54) is 4.31 Å². The SMILES string of the molecule is Cc1ccc(S(=O)(=O)N2C=CC(Cc3ccc(Cl)cc3)C2)cc1. The molecule has 1 atom stereocenters. The van der Waals surface area contributed by atoms with Crippen molar-refractivity contribution in [2.75, 3.05) is 6.54 Å². The Labute approximate surface area is 142 Å². The number of halogens is 1. The van der Waals surface area contributed by atoms with E-state index in [1.807, 2.05) is 49.4 Å². The Morgan fingerprint density at radius 2 is 1.74 bits per heavy atom. The van der Waals surface area contributed by atoms with Crippen LogP contribution in [-0.2, 0) is 16.4 Å². The van der Waals surface area contributed by atoms with Gasteiger partial charge in [0.2, 0.25) is 0 Å². The third kappa shape index (κ3) is 3.59. The van der Waals surface area contributed by atoms with Crippen molar-refractivity contribution >= 4 is 21.6 Å². The zero-order valence-corrected chi connectivity index (χ0v) is 14.4. The molecule has 2 aromatic rings. The fourth-order valence-corrected chi connectivity index (χ4v) is 4.15. The van der Waals surface area contributed by atoms with E-state index in [2.05, 4.69) is 0 Å². The van der Waals surface area contributed by atoms with Crippen molar-refractivity contribution in [2.24, 2.45) is 5.92 Å². The van der Waals surface area contributed by atoms with Crippen LogP contribution < -0.4 is 0 Å². The standard InChI is InChI=1S/C18H18ClNO2S/c1-14-2-8-18(9-3-14)23(21,22)20-11-10-16(13-20)12-15-4-6-17(19)7-5-15/h2-11,16H,12-13H2,1H3. The largest absolute Gasteiger partial charge is 0.273 e. The number of aryl methyl sites for hydroxylation is 1. The maximum atomic E-state index is 12.6. The monoisotopic (exact) mass is 347 g/mol. The Bertz CT molecular complexity index is 811. The summed E-state index contributed by atoms with van der Waals surface area (Å²) in [6.07, 6.45) is 4.43. The maximum absolute atomic E-state index is 12.6. The maximum Gasteiger partial charge on any atom is 0.263 e. The molecule has 0 saturated heterocycles. The van der Waals surface area contributed by atoms with Gasteiger partial charge in [0, 0.05) is 23.7 Å². The summed E-state index contributed by atoms with van der Waals surface area (Å²) >= 11 is 5.89. The normalized spacial score (nSPS) is 17.7. The average Bonchev–Trinajstić information content (AvgIpc) is 2.99. The molecule has 0 aliphatic carbocycles. The Morgan fingerprint density at radius 3 is 2.39 bits per heavy atom. The Hall–Kier alpha value is -1.78. The van der Waals surface area contributed by atoms with Gasteiger partial charge in [0.05, 0.1) is 4.90 Å². The van der Waals surface area contributed by atoms with E-state index in [9.17, 15) is 8.42 Å². The average molecular weight is 348 g/mol. The molecule has 1 aliphatic heterocycles. The minimum Gasteiger partial charge on any atom is -0.273 e. The molecule has 1 heterocycles. The smallest absolute Gasteiger partial charge is 0.263 e. The van der Waals surface area contributed by atoms with Crippen LogP contribution in [0.5, 0.6) is 0 Å². The lowest BCUT2D eigenvalue weighted by Crippen LogP contribution is -2.27. The molecular weight excluding hydrogens is 330 g/mol. The summed E-state index contributed by atoms with van der Waals surface area (Å²) in [5.74, 6) is 0.177. The fraction of sp³-hybridized carbons (Fsp3) is 0.222. The van der Waals surface area contributed by atoms with Gasteiger partial charge in [-0.3, -0.25) is 4.31 Å². The molecule has 1 unspecified atom stereocenters. The molecule has 3 rings (SSSR count). The Morgan fingerprint density at radius 1 is 1.09 bits per heavy atom. The highest BCUT2D eigenvalue weighted by molar-refractivity contribution is 7.89. The van der Waals surface area contributed by atoms with Gasteiger partial charge < -0.3 is 0 Å². The molecule has 0 bridgehead atoms. The van der Waals surface area contributed by atoms with Crippen molar-refractivity contribution in [2.45, 2.75) is 18.2 Å². The molecule has 0 saturated carbocycles. The molecule has 0 radical (unpaired) electrons. The lowest BCUT2D eigenvalue weighted by molar-refractivity contribution is 0.479. The molecule has 23 heavy (non-hydrogen) atoms. The number of nitrogens with zero attached hydrogens (tertiary/aromatic N) is 1. The highest BCUT2D eigenvalue weighted by Crippen LogP contribution is 2.25. The topological polar surface area (TPSA) is 37.4 Å². The number of benzene rings is 2. The molecule has 5 heteroatoms. The van der Waals surface area contributed by atoms with Crippen molar-refractivity contribution in [1.82, 2.24) is 4.31 Å². The van der Waals surface area contributed by atoms with Crippen LogP contribution in [0.3, 0.4) is 0 Å². The van der Waals surface area contributed by atoms with Crippen molar-refractivity contribution in [3.05, 3.63) is 77.0 Å². The van der Waals surface area contributed by atoms with Crippen LogP contribution in [0.15, 0.2) is 65.7 Å². The molecule has 2 aromatic carbocycles. The van der Waals surface area contributed by atoms with Crippen LogP contribution in [-0.4, -0.2) is 19.3 Å². The van der Waals surface area contributed by atoms with E-state index in [0.29, 0.717) is 16.5 Å². The molecule has 0 spiro atoms. The first-order valence-corrected chi connectivity index (χ1v) is 9.28. The lowest BCUT2D eigenvalue weighted by Gasteiger charge is -2.18. The van der Waals surface area contributed by atoms with Crippen LogP contribution in [0.4, 0.5) is 0 Å². The number of hydrogen-bond acceptors (Lipinski definition) is 2. The third-order valence-electron chi connectivity index (χ3n) is 3.98. The van der Waals surface area contributed by atoms with Crippen molar-refractivity contribution in [3.8, 4) is 0 Å². The van der Waals surface area contributed by atoms with Gasteiger partial charge in [0.25, 0.3) is 10.0 Å². The highest BCUT2D eigenvalue weighted by Gasteiger charge is 2.27. The van der Waals surface area contributed by atoms with Crippen molar-refractivity contribution in [1.29, 1.82) is 0 Å². The summed E-state index contributed by atoms with van der Waals surface area (Å²) in [6, 6.07) is 14.6. The summed E-state index contributed by atoms with van der Waals surface area (Å²) in [5.41, 5.74) is 2.19. The van der Waals surface area contributed by atoms with Crippen LogP contribution in [0.2, 0.25) is 5.02 Å². The summed E-state index contributed by atoms with van der Waals surface area (Å²) < 4.78 is 26.7. The number of hydrogen-bond donors (Lipinski definition) is 0. The van der Waals surface area contributed by atoms with Gasteiger partial charge in [0.1, 0.15) is 0 Å². The Balaban J connectivity index is 1.71. The van der Waals surface area contributed by atoms with Gasteiger partial charge in [-0.25, -0.2) is 8.42 Å². The van der Waals surface area contributed by atoms with Crippen LogP contribution in [0.1, 0.15) is 11.1 Å². The van der Waals surface area contributed by atoms with Crippen LogP contribution >= 0.6 is 11.6 Å². The van der Waals surface area contributed by atoms with Crippen molar-refractivity contribution in [3.63, 3.8) is 0 Å². The first-order chi connectivity index (χ1) is 10.9.